The predicted octanol–water partition coefficient (Wildman–Crippen LogP) is 4.39. The quantitative estimate of drug-likeness (QED) is 0.523. The first-order valence-corrected chi connectivity index (χ1v) is 10.2. The summed E-state index contributed by atoms with van der Waals surface area (Å²) < 4.78 is 5.41. The van der Waals surface area contributed by atoms with Crippen LogP contribution in [-0.4, -0.2) is 28.2 Å². The smallest absolute Gasteiger partial charge is 0.258 e. The van der Waals surface area contributed by atoms with E-state index in [0.29, 0.717) is 12.0 Å². The lowest BCUT2D eigenvalue weighted by Crippen LogP contribution is -2.12. The minimum absolute atomic E-state index is 0.0562. The van der Waals surface area contributed by atoms with Crippen LogP contribution in [0.15, 0.2) is 53.3 Å². The van der Waals surface area contributed by atoms with E-state index in [1.807, 2.05) is 56.3 Å². The number of carbonyl (C=O) groups is 1. The first-order chi connectivity index (χ1) is 13.9. The number of rotatable bonds is 6. The molecule has 29 heavy (non-hydrogen) atoms. The van der Waals surface area contributed by atoms with Crippen LogP contribution < -0.4 is 15.6 Å². The van der Waals surface area contributed by atoms with Crippen LogP contribution in [0.2, 0.25) is 0 Å². The van der Waals surface area contributed by atoms with E-state index in [0.717, 1.165) is 29.2 Å². The van der Waals surface area contributed by atoms with Gasteiger partial charge in [-0.2, -0.15) is 12.6 Å². The van der Waals surface area contributed by atoms with Crippen molar-refractivity contribution in [3.05, 3.63) is 64.7 Å². The zero-order valence-electron chi connectivity index (χ0n) is 16.9. The van der Waals surface area contributed by atoms with Gasteiger partial charge in [-0.25, -0.2) is 4.98 Å². The van der Waals surface area contributed by atoms with Gasteiger partial charge in [0.15, 0.2) is 0 Å². The second-order valence-corrected chi connectivity index (χ2v) is 7.02. The highest BCUT2D eigenvalue weighted by Crippen LogP contribution is 2.15. The highest BCUT2D eigenvalue weighted by Gasteiger charge is 2.05. The van der Waals surface area contributed by atoms with Crippen molar-refractivity contribution in [2.75, 3.05) is 17.7 Å². The molecule has 3 rings (SSSR count). The number of aromatic nitrogens is 2. The van der Waals surface area contributed by atoms with Crippen LogP contribution in [0.1, 0.15) is 38.9 Å². The third-order valence-corrected chi connectivity index (χ3v) is 4.22. The van der Waals surface area contributed by atoms with Crippen molar-refractivity contribution < 1.29 is 9.53 Å². The summed E-state index contributed by atoms with van der Waals surface area (Å²) in [6.45, 7) is 6.78. The topological polar surface area (TPSA) is 84.1 Å². The molecule has 2 N–H and O–H groups in total. The van der Waals surface area contributed by atoms with Crippen molar-refractivity contribution in [1.29, 1.82) is 0 Å². The highest BCUT2D eigenvalue weighted by molar-refractivity contribution is 7.81. The number of carbonyl (C=O) groups excluding carboxylic acids is 1. The molecule has 0 bridgehead atoms. The third-order valence-electron chi connectivity index (χ3n) is 3.93. The van der Waals surface area contributed by atoms with E-state index in [2.05, 4.69) is 34.8 Å². The molecule has 2 aromatic carbocycles. The lowest BCUT2D eigenvalue weighted by molar-refractivity contribution is -0.113. The van der Waals surface area contributed by atoms with E-state index in [9.17, 15) is 9.59 Å². The first-order valence-electron chi connectivity index (χ1n) is 9.57. The summed E-state index contributed by atoms with van der Waals surface area (Å²) in [7, 11) is 0. The van der Waals surface area contributed by atoms with Crippen molar-refractivity contribution in [1.82, 2.24) is 9.97 Å². The summed E-state index contributed by atoms with van der Waals surface area (Å²) in [5.74, 6) is 1.89. The lowest BCUT2D eigenvalue weighted by atomic mass is 10.2. The molecule has 0 aliphatic rings. The second-order valence-electron chi connectivity index (χ2n) is 6.70. The summed E-state index contributed by atoms with van der Waals surface area (Å²) in [5.41, 5.74) is 1.47. The minimum atomic E-state index is -0.111. The molecule has 0 spiro atoms. The van der Waals surface area contributed by atoms with Gasteiger partial charge in [0.25, 0.3) is 5.56 Å². The van der Waals surface area contributed by atoms with Gasteiger partial charge < -0.3 is 15.0 Å². The number of para-hydroxylation sites is 1. The van der Waals surface area contributed by atoms with Gasteiger partial charge in [0.05, 0.1) is 23.3 Å². The monoisotopic (exact) mass is 413 g/mol. The molecule has 0 fully saturated rings. The van der Waals surface area contributed by atoms with E-state index < -0.39 is 0 Å². The number of amides is 1. The molecule has 0 aliphatic carbocycles. The summed E-state index contributed by atoms with van der Waals surface area (Å²) in [5, 5.41) is 3.35. The minimum Gasteiger partial charge on any atom is -0.494 e. The maximum Gasteiger partial charge on any atom is 0.258 e. The van der Waals surface area contributed by atoms with Gasteiger partial charge in [-0.3, -0.25) is 9.59 Å². The fourth-order valence-corrected chi connectivity index (χ4v) is 2.51. The summed E-state index contributed by atoms with van der Waals surface area (Å²) in [6.07, 6.45) is 0.984. The summed E-state index contributed by atoms with van der Waals surface area (Å²) in [4.78, 5) is 29.8. The van der Waals surface area contributed by atoms with Crippen LogP contribution >= 0.6 is 12.6 Å². The Morgan fingerprint density at radius 3 is 2.48 bits per heavy atom. The van der Waals surface area contributed by atoms with Gasteiger partial charge in [0.2, 0.25) is 5.91 Å². The summed E-state index contributed by atoms with van der Waals surface area (Å²) >= 11 is 3.88. The average molecular weight is 414 g/mol. The van der Waals surface area contributed by atoms with Crippen LogP contribution in [0.4, 0.5) is 5.69 Å². The maximum absolute atomic E-state index is 11.6. The highest BCUT2D eigenvalue weighted by atomic mass is 32.1. The number of anilines is 1. The van der Waals surface area contributed by atoms with Gasteiger partial charge in [-0.15, -0.1) is 0 Å². The Morgan fingerprint density at radius 2 is 1.86 bits per heavy atom. The van der Waals surface area contributed by atoms with Gasteiger partial charge in [-0.05, 0) is 42.8 Å². The Morgan fingerprint density at radius 1 is 1.17 bits per heavy atom. The van der Waals surface area contributed by atoms with Crippen LogP contribution in [0, 0.1) is 0 Å². The predicted molar refractivity (Wildman–Crippen MR) is 121 cm³/mol. The SMILES string of the molecule is CC(C)c1nc2ccccc2c(=O)[nH]1.CCCOc1ccc(NC(=O)CS)cc1. The van der Waals surface area contributed by atoms with Crippen molar-refractivity contribution in [2.45, 2.75) is 33.1 Å². The number of nitrogens with one attached hydrogen (secondary N) is 2. The number of H-pyrrole nitrogens is 1. The largest absolute Gasteiger partial charge is 0.494 e. The van der Waals surface area contributed by atoms with Crippen LogP contribution in [0.25, 0.3) is 10.9 Å². The molecule has 0 atom stereocenters. The number of benzene rings is 2. The Balaban J connectivity index is 0.000000207. The van der Waals surface area contributed by atoms with Gasteiger partial charge >= 0.3 is 0 Å². The zero-order chi connectivity index (χ0) is 21.2. The lowest BCUT2D eigenvalue weighted by Gasteiger charge is -2.06. The molecule has 0 radical (unpaired) electrons. The second kappa shape index (κ2) is 11.3. The van der Waals surface area contributed by atoms with Crippen molar-refractivity contribution in [2.24, 2.45) is 0 Å². The molecule has 0 saturated heterocycles. The average Bonchev–Trinajstić information content (AvgIpc) is 2.73. The molecular weight excluding hydrogens is 386 g/mol. The van der Waals surface area contributed by atoms with Crippen molar-refractivity contribution in [3.8, 4) is 5.75 Å². The Hall–Kier alpha value is -2.80. The number of fused-ring (bicyclic) bond motifs is 1. The molecular formula is C22H27N3O3S. The van der Waals surface area contributed by atoms with E-state index in [1.165, 1.54) is 0 Å². The zero-order valence-corrected chi connectivity index (χ0v) is 17.8. The van der Waals surface area contributed by atoms with Crippen LogP contribution in [0.5, 0.6) is 5.75 Å². The number of thiol groups is 1. The fraction of sp³-hybridized carbons (Fsp3) is 0.318. The Bertz CT molecular complexity index is 985. The molecule has 6 nitrogen and oxygen atoms in total. The molecule has 1 amide bonds. The van der Waals surface area contributed by atoms with E-state index in [1.54, 1.807) is 6.07 Å². The van der Waals surface area contributed by atoms with Crippen molar-refractivity contribution in [3.63, 3.8) is 0 Å². The Kier molecular flexibility index (Phi) is 8.73. The van der Waals surface area contributed by atoms with Crippen LogP contribution in [0.3, 0.4) is 0 Å². The molecule has 1 aromatic heterocycles. The molecule has 154 valence electrons. The fourth-order valence-electron chi connectivity index (χ4n) is 2.43. The molecule has 3 aromatic rings. The number of nitrogens with zero attached hydrogens (tertiary/aromatic N) is 1. The number of hydrogen-bond donors (Lipinski definition) is 3. The molecule has 0 aliphatic heterocycles. The van der Waals surface area contributed by atoms with Crippen LogP contribution in [-0.2, 0) is 4.79 Å². The van der Waals surface area contributed by atoms with E-state index >= 15 is 0 Å². The Labute approximate surface area is 176 Å². The molecule has 0 saturated carbocycles. The first kappa shape index (κ1) is 22.5. The van der Waals surface area contributed by atoms with E-state index in [4.69, 9.17) is 4.74 Å². The number of ether oxygens (including phenoxy) is 1. The van der Waals surface area contributed by atoms with Gasteiger partial charge in [0, 0.05) is 11.6 Å². The maximum atomic E-state index is 11.6. The van der Waals surface area contributed by atoms with Gasteiger partial charge in [-0.1, -0.05) is 32.9 Å². The summed E-state index contributed by atoms with van der Waals surface area (Å²) in [6, 6.07) is 14.7. The number of aromatic amines is 1. The molecule has 1 heterocycles. The third kappa shape index (κ3) is 6.94. The van der Waals surface area contributed by atoms with Crippen molar-refractivity contribution >= 4 is 35.1 Å². The molecule has 0 unspecified atom stereocenters. The van der Waals surface area contributed by atoms with Gasteiger partial charge in [0.1, 0.15) is 11.6 Å². The molecule has 7 heteroatoms. The normalized spacial score (nSPS) is 10.4. The van der Waals surface area contributed by atoms with E-state index in [-0.39, 0.29) is 23.1 Å². The standard InChI is InChI=1S/C11H12N2O.C11H15NO2S/c1-7(2)10-12-9-6-4-3-5-8(9)11(14)13-10;1-2-7-14-10-5-3-9(4-6-10)12-11(13)8-15/h3-7H,1-2H3,(H,12,13,14);3-6,15H,2,7-8H2,1H3,(H,12,13). The number of hydrogen-bond acceptors (Lipinski definition) is 5.